The maximum Gasteiger partial charge on any atom is 0.106 e. The molecule has 5 heteroatoms. The molecule has 0 aliphatic carbocycles. The molecule has 0 bridgehead atoms. The summed E-state index contributed by atoms with van der Waals surface area (Å²) in [6.07, 6.45) is 3.89. The quantitative estimate of drug-likeness (QED) is 0.509. The highest BCUT2D eigenvalue weighted by atomic mass is 33.1. The van der Waals surface area contributed by atoms with Crippen LogP contribution in [0.3, 0.4) is 0 Å². The average Bonchev–Trinajstić information content (AvgIpc) is 2.44. The molecule has 1 aromatic heterocycles. The van der Waals surface area contributed by atoms with E-state index in [1.807, 2.05) is 42.2 Å². The van der Waals surface area contributed by atoms with Gasteiger partial charge in [0.1, 0.15) is 5.03 Å². The second-order valence-corrected chi connectivity index (χ2v) is 8.75. The molecular weight excluding hydrogens is 300 g/mol. The van der Waals surface area contributed by atoms with Crippen molar-refractivity contribution in [3.05, 3.63) is 24.4 Å². The van der Waals surface area contributed by atoms with E-state index in [9.17, 15) is 0 Å². The van der Waals surface area contributed by atoms with Crippen molar-refractivity contribution in [2.75, 3.05) is 19.4 Å². The zero-order valence-electron chi connectivity index (χ0n) is 13.8. The van der Waals surface area contributed by atoms with Crippen LogP contribution in [0.15, 0.2) is 29.4 Å². The number of aromatic nitrogens is 1. The summed E-state index contributed by atoms with van der Waals surface area (Å²) in [6.45, 7) is 9.53. The lowest BCUT2D eigenvalue weighted by atomic mass is 10.0. The first-order chi connectivity index (χ1) is 9.85. The molecule has 1 heterocycles. The van der Waals surface area contributed by atoms with Crippen molar-refractivity contribution in [1.82, 2.24) is 10.3 Å². The monoisotopic (exact) mass is 328 g/mol. The van der Waals surface area contributed by atoms with Crippen LogP contribution in [0.2, 0.25) is 0 Å². The standard InChI is InChI=1S/C16H28N2OS2/c1-15(2,17-5)9-12-19-16(3,4)10-13-20-21-14-8-6-7-11-18-14/h6-8,11,17H,9-10,12-13H2,1-5H3. The molecule has 1 rings (SSSR count). The van der Waals surface area contributed by atoms with Gasteiger partial charge in [-0.2, -0.15) is 0 Å². The second-order valence-electron chi connectivity index (χ2n) is 6.32. The molecule has 21 heavy (non-hydrogen) atoms. The Labute approximate surface area is 137 Å². The van der Waals surface area contributed by atoms with Crippen LogP contribution < -0.4 is 5.32 Å². The van der Waals surface area contributed by atoms with Gasteiger partial charge in [0.15, 0.2) is 0 Å². The molecule has 0 saturated carbocycles. The van der Waals surface area contributed by atoms with E-state index in [1.54, 1.807) is 10.8 Å². The lowest BCUT2D eigenvalue weighted by Crippen LogP contribution is -2.38. The minimum absolute atomic E-state index is 0.0680. The minimum atomic E-state index is -0.0680. The summed E-state index contributed by atoms with van der Waals surface area (Å²) in [7, 11) is 5.57. The predicted molar refractivity (Wildman–Crippen MR) is 95.0 cm³/mol. The number of pyridine rings is 1. The Kier molecular flexibility index (Phi) is 8.09. The van der Waals surface area contributed by atoms with E-state index in [4.69, 9.17) is 4.74 Å². The van der Waals surface area contributed by atoms with Gasteiger partial charge in [-0.3, -0.25) is 0 Å². The van der Waals surface area contributed by atoms with Gasteiger partial charge in [-0.15, -0.1) is 0 Å². The van der Waals surface area contributed by atoms with Crippen LogP contribution in [-0.2, 0) is 4.74 Å². The number of nitrogens with one attached hydrogen (secondary N) is 1. The SMILES string of the molecule is CNC(C)(C)CCOC(C)(C)CCSSc1ccccn1. The van der Waals surface area contributed by atoms with E-state index in [2.05, 4.69) is 38.0 Å². The molecule has 1 aromatic rings. The number of ether oxygens (including phenoxy) is 1. The maximum absolute atomic E-state index is 6.04. The Bertz CT molecular complexity index is 397. The molecule has 1 N–H and O–H groups in total. The first kappa shape index (κ1) is 18.8. The Balaban J connectivity index is 2.17. The zero-order valence-corrected chi connectivity index (χ0v) is 15.4. The first-order valence-corrected chi connectivity index (χ1v) is 9.70. The topological polar surface area (TPSA) is 34.1 Å². The van der Waals surface area contributed by atoms with Crippen molar-refractivity contribution in [3.8, 4) is 0 Å². The average molecular weight is 329 g/mol. The van der Waals surface area contributed by atoms with Crippen molar-refractivity contribution in [2.45, 2.75) is 56.7 Å². The van der Waals surface area contributed by atoms with E-state index < -0.39 is 0 Å². The van der Waals surface area contributed by atoms with Gasteiger partial charge in [0.05, 0.1) is 5.60 Å². The van der Waals surface area contributed by atoms with Gasteiger partial charge in [-0.1, -0.05) is 16.9 Å². The van der Waals surface area contributed by atoms with E-state index in [-0.39, 0.29) is 11.1 Å². The Hall–Kier alpha value is -0.230. The van der Waals surface area contributed by atoms with Gasteiger partial charge < -0.3 is 10.1 Å². The van der Waals surface area contributed by atoms with E-state index >= 15 is 0 Å². The van der Waals surface area contributed by atoms with Crippen LogP contribution in [0.25, 0.3) is 0 Å². The van der Waals surface area contributed by atoms with E-state index in [0.29, 0.717) is 0 Å². The van der Waals surface area contributed by atoms with Crippen LogP contribution in [0.1, 0.15) is 40.5 Å². The van der Waals surface area contributed by atoms with Gasteiger partial charge >= 0.3 is 0 Å². The minimum Gasteiger partial charge on any atom is -0.375 e. The lowest BCUT2D eigenvalue weighted by molar-refractivity contribution is -0.0263. The fourth-order valence-electron chi connectivity index (χ4n) is 1.57. The van der Waals surface area contributed by atoms with Crippen LogP contribution in [-0.4, -0.2) is 35.5 Å². The highest BCUT2D eigenvalue weighted by Gasteiger charge is 2.21. The molecule has 3 nitrogen and oxygen atoms in total. The Morgan fingerprint density at radius 3 is 2.57 bits per heavy atom. The van der Waals surface area contributed by atoms with Crippen LogP contribution in [0.5, 0.6) is 0 Å². The summed E-state index contributed by atoms with van der Waals surface area (Å²) in [5, 5.41) is 4.37. The van der Waals surface area contributed by atoms with Crippen LogP contribution in [0, 0.1) is 0 Å². The second kappa shape index (κ2) is 9.03. The molecule has 0 unspecified atom stereocenters. The van der Waals surface area contributed by atoms with Gasteiger partial charge in [-0.25, -0.2) is 4.98 Å². The highest BCUT2D eigenvalue weighted by molar-refractivity contribution is 8.76. The third kappa shape index (κ3) is 8.71. The summed E-state index contributed by atoms with van der Waals surface area (Å²) in [5.74, 6) is 1.06. The summed E-state index contributed by atoms with van der Waals surface area (Å²) >= 11 is 0. The summed E-state index contributed by atoms with van der Waals surface area (Å²) in [6, 6.07) is 6.00. The third-order valence-corrected chi connectivity index (χ3v) is 5.73. The van der Waals surface area contributed by atoms with E-state index in [0.717, 1.165) is 30.2 Å². The first-order valence-electron chi connectivity index (χ1n) is 7.38. The number of rotatable bonds is 10. The van der Waals surface area contributed by atoms with Crippen molar-refractivity contribution in [1.29, 1.82) is 0 Å². The van der Waals surface area contributed by atoms with Gasteiger partial charge in [0.25, 0.3) is 0 Å². The smallest absolute Gasteiger partial charge is 0.106 e. The Morgan fingerprint density at radius 2 is 1.95 bits per heavy atom. The molecule has 0 saturated heterocycles. The number of hydrogen-bond acceptors (Lipinski definition) is 5. The molecule has 0 aliphatic heterocycles. The van der Waals surface area contributed by atoms with Crippen molar-refractivity contribution in [2.24, 2.45) is 0 Å². The lowest BCUT2D eigenvalue weighted by Gasteiger charge is -2.29. The zero-order chi connectivity index (χ0) is 15.8. The third-order valence-electron chi connectivity index (χ3n) is 3.47. The predicted octanol–water partition coefficient (Wildman–Crippen LogP) is 4.40. The molecule has 0 fully saturated rings. The summed E-state index contributed by atoms with van der Waals surface area (Å²) < 4.78 is 6.04. The number of nitrogens with zero attached hydrogens (tertiary/aromatic N) is 1. The Morgan fingerprint density at radius 1 is 1.19 bits per heavy atom. The highest BCUT2D eigenvalue weighted by Crippen LogP contribution is 2.31. The molecule has 120 valence electrons. The molecule has 0 atom stereocenters. The fraction of sp³-hybridized carbons (Fsp3) is 0.688. The van der Waals surface area contributed by atoms with Gasteiger partial charge in [0, 0.05) is 24.1 Å². The summed E-state index contributed by atoms with van der Waals surface area (Å²) in [4.78, 5) is 4.30. The van der Waals surface area contributed by atoms with Gasteiger partial charge in [0.2, 0.25) is 0 Å². The van der Waals surface area contributed by atoms with Crippen molar-refractivity contribution < 1.29 is 4.74 Å². The van der Waals surface area contributed by atoms with Crippen molar-refractivity contribution in [3.63, 3.8) is 0 Å². The van der Waals surface area contributed by atoms with Crippen LogP contribution in [0.4, 0.5) is 0 Å². The molecule has 0 spiro atoms. The van der Waals surface area contributed by atoms with Crippen molar-refractivity contribution >= 4 is 21.6 Å². The molecule has 0 aliphatic rings. The molecule has 0 aromatic carbocycles. The summed E-state index contributed by atoms with van der Waals surface area (Å²) in [5.41, 5.74) is 0.0706. The normalized spacial score (nSPS) is 12.6. The number of hydrogen-bond donors (Lipinski definition) is 1. The molecular formula is C16H28N2OS2. The largest absolute Gasteiger partial charge is 0.375 e. The van der Waals surface area contributed by atoms with Crippen LogP contribution >= 0.6 is 21.6 Å². The fourth-order valence-corrected chi connectivity index (χ4v) is 3.74. The maximum atomic E-state index is 6.04. The molecule has 0 amide bonds. The molecule has 0 radical (unpaired) electrons. The van der Waals surface area contributed by atoms with Gasteiger partial charge in [-0.05, 0) is 70.5 Å². The van der Waals surface area contributed by atoms with E-state index in [1.165, 1.54) is 0 Å².